The minimum atomic E-state index is -2.28. The summed E-state index contributed by atoms with van der Waals surface area (Å²) < 4.78 is 0. The molecule has 0 aromatic rings. The monoisotopic (exact) mass is 400 g/mol. The molecule has 4 unspecified atom stereocenters. The van der Waals surface area contributed by atoms with E-state index < -0.39 is 70.2 Å². The highest BCUT2D eigenvalue weighted by atomic mass is 16.4. The maximum atomic E-state index is 12.4. The summed E-state index contributed by atoms with van der Waals surface area (Å²) >= 11 is 0. The van der Waals surface area contributed by atoms with Gasteiger partial charge in [0.15, 0.2) is 10.8 Å². The average molecular weight is 400 g/mol. The third-order valence-corrected chi connectivity index (χ3v) is 7.00. The van der Waals surface area contributed by atoms with Gasteiger partial charge in [0.1, 0.15) is 0 Å². The van der Waals surface area contributed by atoms with E-state index in [1.54, 1.807) is 13.8 Å². The van der Waals surface area contributed by atoms with Crippen molar-refractivity contribution in [3.8, 4) is 0 Å². The molecule has 1 rings (SSSR count). The fourth-order valence-electron chi connectivity index (χ4n) is 5.74. The molecule has 1 aliphatic rings. The predicted octanol–water partition coefficient (Wildman–Crippen LogP) is 2.91. The Morgan fingerprint density at radius 3 is 1.36 bits per heavy atom. The van der Waals surface area contributed by atoms with E-state index >= 15 is 0 Å². The first-order valence-corrected chi connectivity index (χ1v) is 9.68. The van der Waals surface area contributed by atoms with Crippen LogP contribution in [0.3, 0.4) is 0 Å². The molecule has 0 spiro atoms. The first-order valence-electron chi connectivity index (χ1n) is 9.68. The minimum absolute atomic E-state index is 0.385. The van der Waals surface area contributed by atoms with Crippen LogP contribution in [-0.2, 0) is 19.2 Å². The van der Waals surface area contributed by atoms with E-state index in [1.165, 1.54) is 27.7 Å². The van der Waals surface area contributed by atoms with Crippen LogP contribution in [0, 0.1) is 46.3 Å². The lowest BCUT2D eigenvalue weighted by Crippen LogP contribution is -2.60. The molecule has 1 saturated carbocycles. The van der Waals surface area contributed by atoms with Crippen LogP contribution in [0.15, 0.2) is 0 Å². The quantitative estimate of drug-likeness (QED) is 0.432. The average Bonchev–Trinajstić information content (AvgIpc) is 2.84. The minimum Gasteiger partial charge on any atom is -0.480 e. The highest BCUT2D eigenvalue weighted by Crippen LogP contribution is 2.61. The number of hydrogen-bond donors (Lipinski definition) is 4. The molecule has 0 aliphatic heterocycles. The summed E-state index contributed by atoms with van der Waals surface area (Å²) in [6, 6.07) is 0. The SMILES string of the molecule is CCC1CC(C)C(C(C(=O)O)(C(=O)O)C(C)C)C1C(C(=O)O)(C(=O)O)C(C)C. The molecule has 8 heteroatoms. The lowest BCUT2D eigenvalue weighted by Gasteiger charge is -2.47. The molecule has 1 fully saturated rings. The van der Waals surface area contributed by atoms with Gasteiger partial charge in [-0.15, -0.1) is 0 Å². The standard InChI is InChI=1S/C20H32O8/c1-7-12-8-11(6)13(19(9(2)3,15(21)22)16(23)24)14(12)20(10(4)5,17(25)26)18(27)28/h9-14H,7-8H2,1-6H3,(H,21,22)(H,23,24)(H,25,26)(H,27,28). The van der Waals surface area contributed by atoms with Crippen molar-refractivity contribution in [1.82, 2.24) is 0 Å². The second-order valence-electron chi connectivity index (χ2n) is 8.70. The van der Waals surface area contributed by atoms with Gasteiger partial charge >= 0.3 is 23.9 Å². The fourth-order valence-corrected chi connectivity index (χ4v) is 5.74. The molecule has 0 aromatic carbocycles. The summed E-state index contributed by atoms with van der Waals surface area (Å²) in [6.45, 7) is 9.40. The second-order valence-corrected chi connectivity index (χ2v) is 8.70. The summed E-state index contributed by atoms with van der Waals surface area (Å²) in [7, 11) is 0. The van der Waals surface area contributed by atoms with Crippen LogP contribution in [0.25, 0.3) is 0 Å². The number of carboxylic acid groups (broad SMARTS) is 4. The van der Waals surface area contributed by atoms with Crippen molar-refractivity contribution in [2.75, 3.05) is 0 Å². The molecule has 0 heterocycles. The van der Waals surface area contributed by atoms with Crippen molar-refractivity contribution in [2.24, 2.45) is 46.3 Å². The molecule has 0 aromatic heterocycles. The zero-order valence-electron chi connectivity index (χ0n) is 17.3. The molecule has 160 valence electrons. The molecule has 8 nitrogen and oxygen atoms in total. The molecular weight excluding hydrogens is 368 g/mol. The van der Waals surface area contributed by atoms with E-state index in [0.29, 0.717) is 12.8 Å². The van der Waals surface area contributed by atoms with Gasteiger partial charge in [-0.3, -0.25) is 19.2 Å². The van der Waals surface area contributed by atoms with Gasteiger partial charge in [-0.2, -0.15) is 0 Å². The highest BCUT2D eigenvalue weighted by Gasteiger charge is 2.70. The lowest BCUT2D eigenvalue weighted by molar-refractivity contribution is -0.192. The van der Waals surface area contributed by atoms with E-state index in [9.17, 15) is 39.6 Å². The van der Waals surface area contributed by atoms with Crippen molar-refractivity contribution in [2.45, 2.75) is 54.4 Å². The zero-order chi connectivity index (χ0) is 22.2. The summed E-state index contributed by atoms with van der Waals surface area (Å²) in [5.74, 6) is -11.1. The van der Waals surface area contributed by atoms with E-state index in [1.807, 2.05) is 0 Å². The van der Waals surface area contributed by atoms with Crippen LogP contribution >= 0.6 is 0 Å². The number of aliphatic carboxylic acids is 4. The number of carboxylic acids is 4. The Balaban J connectivity index is 4.00. The summed E-state index contributed by atoms with van der Waals surface area (Å²) in [5.41, 5.74) is -4.56. The van der Waals surface area contributed by atoms with Gasteiger partial charge in [0, 0.05) is 0 Å². The third kappa shape index (κ3) is 3.06. The Bertz CT molecular complexity index is 623. The predicted molar refractivity (Wildman–Crippen MR) is 99.6 cm³/mol. The van der Waals surface area contributed by atoms with E-state index in [4.69, 9.17) is 0 Å². The van der Waals surface area contributed by atoms with Gasteiger partial charge in [0.05, 0.1) is 0 Å². The molecule has 28 heavy (non-hydrogen) atoms. The van der Waals surface area contributed by atoms with Crippen LogP contribution in [0.4, 0.5) is 0 Å². The van der Waals surface area contributed by atoms with Gasteiger partial charge < -0.3 is 20.4 Å². The largest absolute Gasteiger partial charge is 0.480 e. The van der Waals surface area contributed by atoms with Crippen molar-refractivity contribution < 1.29 is 39.6 Å². The van der Waals surface area contributed by atoms with E-state index in [2.05, 4.69) is 0 Å². The van der Waals surface area contributed by atoms with Crippen LogP contribution in [0.5, 0.6) is 0 Å². The Kier molecular flexibility index (Phi) is 6.91. The number of rotatable bonds is 9. The van der Waals surface area contributed by atoms with Crippen LogP contribution in [-0.4, -0.2) is 44.3 Å². The van der Waals surface area contributed by atoms with Crippen molar-refractivity contribution in [1.29, 1.82) is 0 Å². The topological polar surface area (TPSA) is 149 Å². The molecule has 0 saturated heterocycles. The smallest absolute Gasteiger partial charge is 0.321 e. The molecule has 4 atom stereocenters. The van der Waals surface area contributed by atoms with Crippen molar-refractivity contribution in [3.63, 3.8) is 0 Å². The molecule has 0 bridgehead atoms. The van der Waals surface area contributed by atoms with Crippen LogP contribution in [0.2, 0.25) is 0 Å². The maximum Gasteiger partial charge on any atom is 0.321 e. The van der Waals surface area contributed by atoms with Gasteiger partial charge in [0.2, 0.25) is 0 Å². The third-order valence-electron chi connectivity index (χ3n) is 7.00. The summed E-state index contributed by atoms with van der Waals surface area (Å²) in [6.07, 6.45) is 0.823. The Morgan fingerprint density at radius 1 is 0.786 bits per heavy atom. The van der Waals surface area contributed by atoms with E-state index in [-0.39, 0.29) is 0 Å². The zero-order valence-corrected chi connectivity index (χ0v) is 17.3. The molecular formula is C20H32O8. The van der Waals surface area contributed by atoms with Crippen molar-refractivity contribution >= 4 is 23.9 Å². The molecule has 1 aliphatic carbocycles. The van der Waals surface area contributed by atoms with Gasteiger partial charge in [-0.25, -0.2) is 0 Å². The van der Waals surface area contributed by atoms with Crippen LogP contribution in [0.1, 0.15) is 54.4 Å². The van der Waals surface area contributed by atoms with Crippen molar-refractivity contribution in [3.05, 3.63) is 0 Å². The van der Waals surface area contributed by atoms with Gasteiger partial charge in [0.25, 0.3) is 0 Å². The molecule has 4 N–H and O–H groups in total. The number of carbonyl (C=O) groups is 4. The molecule has 0 amide bonds. The van der Waals surface area contributed by atoms with Gasteiger partial charge in [-0.05, 0) is 41.9 Å². The lowest BCUT2D eigenvalue weighted by atomic mass is 9.53. The first kappa shape index (κ1) is 23.9. The van der Waals surface area contributed by atoms with Crippen LogP contribution < -0.4 is 0 Å². The highest BCUT2D eigenvalue weighted by molar-refractivity contribution is 6.01. The summed E-state index contributed by atoms with van der Waals surface area (Å²) in [5, 5.41) is 40.1. The second kappa shape index (κ2) is 8.09. The fraction of sp³-hybridized carbons (Fsp3) is 0.800. The summed E-state index contributed by atoms with van der Waals surface area (Å²) in [4.78, 5) is 49.4. The first-order chi connectivity index (χ1) is 12.7. The normalized spacial score (nSPS) is 25.9. The van der Waals surface area contributed by atoms with E-state index in [0.717, 1.165) is 0 Å². The number of hydrogen-bond acceptors (Lipinski definition) is 4. The van der Waals surface area contributed by atoms with Gasteiger partial charge in [-0.1, -0.05) is 48.0 Å². The Morgan fingerprint density at radius 2 is 1.11 bits per heavy atom. The Hall–Kier alpha value is -2.12. The Labute approximate surface area is 164 Å². The molecule has 0 radical (unpaired) electrons. The maximum absolute atomic E-state index is 12.4.